The summed E-state index contributed by atoms with van der Waals surface area (Å²) in [5.41, 5.74) is 1.69. The number of benzene rings is 1. The zero-order valence-corrected chi connectivity index (χ0v) is 13.0. The number of allylic oxidation sites excluding steroid dienone is 1. The number of aromatic nitrogens is 1. The molecule has 0 spiro atoms. The Balaban J connectivity index is 2.10. The summed E-state index contributed by atoms with van der Waals surface area (Å²) in [4.78, 5) is 26.4. The van der Waals surface area contributed by atoms with E-state index in [4.69, 9.17) is 9.84 Å². The molecule has 1 heterocycles. The lowest BCUT2D eigenvalue weighted by atomic mass is 10.1. The molecule has 0 fully saturated rings. The molecule has 0 bridgehead atoms. The standard InChI is InChI=1S/C17H20N2O4/c1-3-4-5-15(17(21)22)19-16(20)8-11-10-18-14-7-6-12(23-2)9-13(11)14/h3,6-7,9-10,15,18H,1,4-5,8H2,2H3,(H,19,20)(H,21,22). The SMILES string of the molecule is C=CCCC(NC(=O)Cc1c[nH]c2ccc(OC)cc12)C(=O)O. The van der Waals surface area contributed by atoms with Crippen LogP contribution in [0.15, 0.2) is 37.1 Å². The molecule has 0 aliphatic rings. The van der Waals surface area contributed by atoms with E-state index in [-0.39, 0.29) is 12.3 Å². The topological polar surface area (TPSA) is 91.4 Å². The minimum absolute atomic E-state index is 0.102. The number of ether oxygens (including phenoxy) is 1. The predicted molar refractivity (Wildman–Crippen MR) is 87.6 cm³/mol. The largest absolute Gasteiger partial charge is 0.497 e. The number of nitrogens with one attached hydrogen (secondary N) is 2. The Labute approximate surface area is 134 Å². The molecular weight excluding hydrogens is 296 g/mol. The van der Waals surface area contributed by atoms with E-state index in [1.165, 1.54) is 0 Å². The number of amides is 1. The third kappa shape index (κ3) is 4.12. The Morgan fingerprint density at radius 1 is 1.48 bits per heavy atom. The van der Waals surface area contributed by atoms with Crippen molar-refractivity contribution in [2.24, 2.45) is 0 Å². The lowest BCUT2D eigenvalue weighted by Gasteiger charge is -2.13. The molecule has 6 heteroatoms. The van der Waals surface area contributed by atoms with Crippen LogP contribution in [0.4, 0.5) is 0 Å². The first-order valence-electron chi connectivity index (χ1n) is 7.32. The predicted octanol–water partition coefficient (Wildman–Crippen LogP) is 2.25. The molecule has 0 aliphatic carbocycles. The van der Waals surface area contributed by atoms with Crippen molar-refractivity contribution in [2.45, 2.75) is 25.3 Å². The van der Waals surface area contributed by atoms with Gasteiger partial charge in [0.15, 0.2) is 0 Å². The van der Waals surface area contributed by atoms with E-state index >= 15 is 0 Å². The van der Waals surface area contributed by atoms with E-state index in [1.54, 1.807) is 19.4 Å². The second-order valence-corrected chi connectivity index (χ2v) is 5.23. The molecule has 0 saturated heterocycles. The second kappa shape index (κ2) is 7.49. The minimum atomic E-state index is -1.04. The van der Waals surface area contributed by atoms with Gasteiger partial charge in [0, 0.05) is 17.1 Å². The Morgan fingerprint density at radius 2 is 2.26 bits per heavy atom. The molecule has 0 saturated carbocycles. The van der Waals surface area contributed by atoms with Crippen molar-refractivity contribution in [3.8, 4) is 5.75 Å². The van der Waals surface area contributed by atoms with Crippen LogP contribution in [0, 0.1) is 0 Å². The zero-order valence-electron chi connectivity index (χ0n) is 13.0. The van der Waals surface area contributed by atoms with Gasteiger partial charge >= 0.3 is 5.97 Å². The molecule has 3 N–H and O–H groups in total. The van der Waals surface area contributed by atoms with Gasteiger partial charge < -0.3 is 20.1 Å². The summed E-state index contributed by atoms with van der Waals surface area (Å²) in [7, 11) is 1.58. The quantitative estimate of drug-likeness (QED) is 0.651. The highest BCUT2D eigenvalue weighted by molar-refractivity contribution is 5.91. The van der Waals surface area contributed by atoms with Gasteiger partial charge in [-0.1, -0.05) is 6.08 Å². The summed E-state index contributed by atoms with van der Waals surface area (Å²) in [5.74, 6) is -0.667. The number of hydrogen-bond donors (Lipinski definition) is 3. The maximum Gasteiger partial charge on any atom is 0.326 e. The van der Waals surface area contributed by atoms with Crippen LogP contribution in [-0.2, 0) is 16.0 Å². The number of aliphatic carboxylic acids is 1. The third-order valence-corrected chi connectivity index (χ3v) is 3.62. The van der Waals surface area contributed by atoms with Crippen LogP contribution in [0.5, 0.6) is 5.75 Å². The minimum Gasteiger partial charge on any atom is -0.497 e. The van der Waals surface area contributed by atoms with Crippen LogP contribution in [0.3, 0.4) is 0 Å². The highest BCUT2D eigenvalue weighted by Crippen LogP contribution is 2.23. The maximum absolute atomic E-state index is 12.1. The number of carbonyl (C=O) groups is 2. The van der Waals surface area contributed by atoms with Crippen molar-refractivity contribution < 1.29 is 19.4 Å². The van der Waals surface area contributed by atoms with E-state index in [1.807, 2.05) is 18.2 Å². The fourth-order valence-electron chi connectivity index (χ4n) is 2.39. The molecule has 122 valence electrons. The third-order valence-electron chi connectivity index (χ3n) is 3.62. The fraction of sp³-hybridized carbons (Fsp3) is 0.294. The van der Waals surface area contributed by atoms with Crippen LogP contribution in [0.25, 0.3) is 10.9 Å². The number of carboxylic acids is 1. The van der Waals surface area contributed by atoms with Gasteiger partial charge in [0.2, 0.25) is 5.91 Å². The summed E-state index contributed by atoms with van der Waals surface area (Å²) in [6, 6.07) is 4.65. The molecule has 0 aliphatic heterocycles. The van der Waals surface area contributed by atoms with Gasteiger partial charge in [-0.2, -0.15) is 0 Å². The summed E-state index contributed by atoms with van der Waals surface area (Å²) in [5, 5.41) is 12.6. The van der Waals surface area contributed by atoms with Crippen molar-refractivity contribution in [3.63, 3.8) is 0 Å². The first-order valence-corrected chi connectivity index (χ1v) is 7.32. The second-order valence-electron chi connectivity index (χ2n) is 5.23. The van der Waals surface area contributed by atoms with E-state index in [2.05, 4.69) is 16.9 Å². The molecule has 1 unspecified atom stereocenters. The molecule has 1 amide bonds. The highest BCUT2D eigenvalue weighted by Gasteiger charge is 2.19. The maximum atomic E-state index is 12.1. The molecule has 2 rings (SSSR count). The van der Waals surface area contributed by atoms with Crippen molar-refractivity contribution >= 4 is 22.8 Å². The summed E-state index contributed by atoms with van der Waals surface area (Å²) >= 11 is 0. The van der Waals surface area contributed by atoms with Crippen molar-refractivity contribution in [1.29, 1.82) is 0 Å². The lowest BCUT2D eigenvalue weighted by Crippen LogP contribution is -2.41. The number of fused-ring (bicyclic) bond motifs is 1. The first-order chi connectivity index (χ1) is 11.0. The summed E-state index contributed by atoms with van der Waals surface area (Å²) in [6.07, 6.45) is 4.34. The van der Waals surface area contributed by atoms with Gasteiger partial charge in [-0.15, -0.1) is 6.58 Å². The molecule has 0 radical (unpaired) electrons. The van der Waals surface area contributed by atoms with E-state index in [9.17, 15) is 9.59 Å². The van der Waals surface area contributed by atoms with Crippen molar-refractivity contribution in [1.82, 2.24) is 10.3 Å². The smallest absolute Gasteiger partial charge is 0.326 e. The van der Waals surface area contributed by atoms with Gasteiger partial charge in [0.1, 0.15) is 11.8 Å². The number of carbonyl (C=O) groups excluding carboxylic acids is 1. The molecular formula is C17H20N2O4. The number of H-pyrrole nitrogens is 1. The zero-order chi connectivity index (χ0) is 16.8. The number of hydrogen-bond acceptors (Lipinski definition) is 3. The monoisotopic (exact) mass is 316 g/mol. The molecule has 1 aromatic carbocycles. The molecule has 1 atom stereocenters. The van der Waals surface area contributed by atoms with Crippen LogP contribution in [-0.4, -0.2) is 35.1 Å². The van der Waals surface area contributed by atoms with E-state index < -0.39 is 12.0 Å². The lowest BCUT2D eigenvalue weighted by molar-refractivity contribution is -0.141. The Kier molecular flexibility index (Phi) is 5.41. The van der Waals surface area contributed by atoms with Crippen LogP contribution >= 0.6 is 0 Å². The Morgan fingerprint density at radius 3 is 2.91 bits per heavy atom. The van der Waals surface area contributed by atoms with Gasteiger partial charge in [0.25, 0.3) is 0 Å². The van der Waals surface area contributed by atoms with Crippen LogP contribution < -0.4 is 10.1 Å². The normalized spacial score (nSPS) is 11.9. The highest BCUT2D eigenvalue weighted by atomic mass is 16.5. The summed E-state index contributed by atoms with van der Waals surface area (Å²) < 4.78 is 5.19. The summed E-state index contributed by atoms with van der Waals surface area (Å²) in [6.45, 7) is 3.56. The average Bonchev–Trinajstić information content (AvgIpc) is 2.93. The van der Waals surface area contributed by atoms with Crippen molar-refractivity contribution in [2.75, 3.05) is 7.11 Å². The number of aromatic amines is 1. The molecule has 1 aromatic heterocycles. The molecule has 2 aromatic rings. The number of methoxy groups -OCH3 is 1. The molecule has 23 heavy (non-hydrogen) atoms. The first kappa shape index (κ1) is 16.6. The Hall–Kier alpha value is -2.76. The van der Waals surface area contributed by atoms with Gasteiger partial charge in [0.05, 0.1) is 13.5 Å². The van der Waals surface area contributed by atoms with E-state index in [0.717, 1.165) is 16.5 Å². The van der Waals surface area contributed by atoms with Gasteiger partial charge in [-0.25, -0.2) is 4.79 Å². The van der Waals surface area contributed by atoms with Crippen LogP contribution in [0.2, 0.25) is 0 Å². The van der Waals surface area contributed by atoms with Gasteiger partial charge in [-0.3, -0.25) is 4.79 Å². The Bertz CT molecular complexity index is 720. The van der Waals surface area contributed by atoms with E-state index in [0.29, 0.717) is 18.6 Å². The number of carboxylic acid groups (broad SMARTS) is 1. The van der Waals surface area contributed by atoms with Gasteiger partial charge in [-0.05, 0) is 36.6 Å². The van der Waals surface area contributed by atoms with Crippen molar-refractivity contribution in [3.05, 3.63) is 42.6 Å². The fourth-order valence-corrected chi connectivity index (χ4v) is 2.39. The van der Waals surface area contributed by atoms with Crippen LogP contribution in [0.1, 0.15) is 18.4 Å². The molecule has 6 nitrogen and oxygen atoms in total. The number of rotatable bonds is 8. The average molecular weight is 316 g/mol.